The van der Waals surface area contributed by atoms with Crippen LogP contribution in [0, 0.1) is 6.92 Å². The number of nitrogens with two attached hydrogens (primary N) is 1. The monoisotopic (exact) mass is 297 g/mol. The lowest BCUT2D eigenvalue weighted by atomic mass is 10.1. The minimum absolute atomic E-state index is 0.0152. The number of rotatable bonds is 2. The molecular weight excluding hydrogens is 282 g/mol. The summed E-state index contributed by atoms with van der Waals surface area (Å²) >= 11 is 0. The molecule has 6 N–H and O–H groups in total. The van der Waals surface area contributed by atoms with Crippen molar-refractivity contribution in [1.82, 2.24) is 19.5 Å². The van der Waals surface area contributed by atoms with Crippen molar-refractivity contribution in [2.75, 3.05) is 12.3 Å². The topological polar surface area (TPSA) is 160 Å². The van der Waals surface area contributed by atoms with Gasteiger partial charge in [-0.3, -0.25) is 0 Å². The summed E-state index contributed by atoms with van der Waals surface area (Å²) in [4.78, 5) is 22.7. The Bertz CT molecular complexity index is 740. The number of nitrogens with one attached hydrogen (secondary N) is 1. The predicted octanol–water partition coefficient (Wildman–Crippen LogP) is -2.38. The quantitative estimate of drug-likeness (QED) is 0.411. The van der Waals surface area contributed by atoms with Crippen molar-refractivity contribution in [2.24, 2.45) is 0 Å². The van der Waals surface area contributed by atoms with Crippen LogP contribution >= 0.6 is 0 Å². The lowest BCUT2D eigenvalue weighted by Crippen LogP contribution is -2.36. The molecule has 2 aromatic heterocycles. The summed E-state index contributed by atoms with van der Waals surface area (Å²) in [5.74, 6) is 0.489. The molecule has 0 saturated carbocycles. The fourth-order valence-electron chi connectivity index (χ4n) is 2.46. The highest BCUT2D eigenvalue weighted by molar-refractivity contribution is 5.81. The second-order valence-corrected chi connectivity index (χ2v) is 4.90. The molecule has 0 aliphatic carbocycles. The van der Waals surface area contributed by atoms with Gasteiger partial charge in [0.1, 0.15) is 29.7 Å². The van der Waals surface area contributed by atoms with Gasteiger partial charge in [-0.25, -0.2) is 14.3 Å². The number of ether oxygens (including phenoxy) is 1. The molecule has 0 amide bonds. The van der Waals surface area contributed by atoms with Gasteiger partial charge in [-0.1, -0.05) is 0 Å². The minimum atomic E-state index is -1.40. The first-order chi connectivity index (χ1) is 9.93. The molecule has 0 bridgehead atoms. The van der Waals surface area contributed by atoms with Crippen LogP contribution < -0.4 is 11.4 Å². The predicted molar refractivity (Wildman–Crippen MR) is 70.3 cm³/mol. The van der Waals surface area contributed by atoms with Crippen LogP contribution in [-0.2, 0) is 4.74 Å². The van der Waals surface area contributed by atoms with E-state index in [9.17, 15) is 15.0 Å². The van der Waals surface area contributed by atoms with E-state index in [1.807, 2.05) is 0 Å². The van der Waals surface area contributed by atoms with E-state index in [1.165, 1.54) is 0 Å². The second kappa shape index (κ2) is 4.77. The van der Waals surface area contributed by atoms with Gasteiger partial charge in [0.05, 0.1) is 6.61 Å². The van der Waals surface area contributed by atoms with E-state index in [-0.39, 0.29) is 11.5 Å². The maximum atomic E-state index is 12.1. The first-order valence-electron chi connectivity index (χ1n) is 6.30. The second-order valence-electron chi connectivity index (χ2n) is 4.90. The lowest BCUT2D eigenvalue weighted by Gasteiger charge is -2.17. The minimum Gasteiger partial charge on any atom is -0.394 e. The third kappa shape index (κ3) is 2.00. The Kier molecular flexibility index (Phi) is 3.17. The molecule has 0 spiro atoms. The van der Waals surface area contributed by atoms with E-state index < -0.39 is 36.8 Å². The average Bonchev–Trinajstić information content (AvgIpc) is 2.94. The van der Waals surface area contributed by atoms with Gasteiger partial charge in [-0.05, 0) is 6.92 Å². The van der Waals surface area contributed by atoms with Gasteiger partial charge in [0.15, 0.2) is 17.7 Å². The largest absolute Gasteiger partial charge is 0.394 e. The van der Waals surface area contributed by atoms with Crippen molar-refractivity contribution in [3.05, 3.63) is 16.3 Å². The Morgan fingerprint density at radius 1 is 1.38 bits per heavy atom. The van der Waals surface area contributed by atoms with Gasteiger partial charge >= 0.3 is 5.69 Å². The van der Waals surface area contributed by atoms with E-state index in [2.05, 4.69) is 15.0 Å². The molecule has 1 aliphatic rings. The first kappa shape index (κ1) is 13.9. The number of aliphatic hydroxyl groups is 3. The van der Waals surface area contributed by atoms with Gasteiger partial charge in [0.2, 0.25) is 0 Å². The molecule has 1 aliphatic heterocycles. The fraction of sp³-hybridized carbons (Fsp3) is 0.545. The number of aliphatic hydroxyl groups excluding tert-OH is 3. The number of fused-ring (bicyclic) bond motifs is 1. The van der Waals surface area contributed by atoms with E-state index in [0.717, 1.165) is 4.57 Å². The fourth-order valence-corrected chi connectivity index (χ4v) is 2.46. The van der Waals surface area contributed by atoms with Gasteiger partial charge in [0.25, 0.3) is 0 Å². The molecule has 1 fully saturated rings. The Balaban J connectivity index is 2.19. The van der Waals surface area contributed by atoms with Crippen LogP contribution in [0.5, 0.6) is 0 Å². The van der Waals surface area contributed by atoms with Crippen molar-refractivity contribution in [3.63, 3.8) is 0 Å². The summed E-state index contributed by atoms with van der Waals surface area (Å²) in [5.41, 5.74) is 5.41. The molecule has 10 nitrogen and oxygen atoms in total. The van der Waals surface area contributed by atoms with Crippen LogP contribution in [-0.4, -0.2) is 59.8 Å². The Morgan fingerprint density at radius 3 is 2.71 bits per heavy atom. The first-order valence-corrected chi connectivity index (χ1v) is 6.30. The number of imidazole rings is 1. The third-order valence-electron chi connectivity index (χ3n) is 3.48. The third-order valence-corrected chi connectivity index (χ3v) is 3.48. The molecule has 3 heterocycles. The molecule has 2 aromatic rings. The van der Waals surface area contributed by atoms with Gasteiger partial charge in [0, 0.05) is 0 Å². The Hall–Kier alpha value is -2.01. The van der Waals surface area contributed by atoms with Crippen LogP contribution in [0.2, 0.25) is 0 Å². The SMILES string of the molecule is Cc1nc2c([nH]1)c(N)nc(=O)n2[C@@H]1O[C@H](CO)[C@@H](O)[C@H]1O. The number of hydrogen-bond acceptors (Lipinski definition) is 8. The van der Waals surface area contributed by atoms with Crippen LogP contribution in [0.4, 0.5) is 5.82 Å². The van der Waals surface area contributed by atoms with Gasteiger partial charge in [-0.2, -0.15) is 4.98 Å². The summed E-state index contributed by atoms with van der Waals surface area (Å²) in [6.45, 7) is 1.18. The van der Waals surface area contributed by atoms with Crippen molar-refractivity contribution in [3.8, 4) is 0 Å². The van der Waals surface area contributed by atoms with Crippen LogP contribution in [0.25, 0.3) is 11.2 Å². The molecular formula is C11H15N5O5. The van der Waals surface area contributed by atoms with E-state index in [4.69, 9.17) is 15.6 Å². The van der Waals surface area contributed by atoms with Crippen molar-refractivity contribution in [2.45, 2.75) is 31.5 Å². The number of hydrogen-bond donors (Lipinski definition) is 5. The standard InChI is InChI=1S/C11H15N5O5/c1-3-13-5-8(12)15-11(20)16(9(5)14-3)10-7(19)6(18)4(2-17)21-10/h4,6-7,10,17-19H,2H2,1H3,(H,13,14)(H2,12,15,20)/t4-,6-,7-,10-/m1/s1. The van der Waals surface area contributed by atoms with Gasteiger partial charge in [-0.15, -0.1) is 0 Å². The smallest absolute Gasteiger partial charge is 0.353 e. The summed E-state index contributed by atoms with van der Waals surface area (Å²) in [6.07, 6.45) is -4.92. The number of nitrogens with zero attached hydrogens (tertiary/aromatic N) is 3. The zero-order valence-corrected chi connectivity index (χ0v) is 11.1. The summed E-state index contributed by atoms with van der Waals surface area (Å²) in [5, 5.41) is 28.9. The molecule has 3 rings (SSSR count). The molecule has 114 valence electrons. The van der Waals surface area contributed by atoms with Crippen molar-refractivity contribution in [1.29, 1.82) is 0 Å². The van der Waals surface area contributed by atoms with Crippen LogP contribution in [0.15, 0.2) is 4.79 Å². The van der Waals surface area contributed by atoms with E-state index >= 15 is 0 Å². The molecule has 0 radical (unpaired) electrons. The number of aryl methyl sites for hydroxylation is 1. The Labute approximate surface area is 117 Å². The van der Waals surface area contributed by atoms with E-state index in [1.54, 1.807) is 6.92 Å². The molecule has 21 heavy (non-hydrogen) atoms. The average molecular weight is 297 g/mol. The van der Waals surface area contributed by atoms with Crippen LogP contribution in [0.1, 0.15) is 12.1 Å². The number of nitrogen functional groups attached to an aromatic ring is 1. The normalized spacial score (nSPS) is 29.3. The molecule has 10 heteroatoms. The lowest BCUT2D eigenvalue weighted by molar-refractivity contribution is -0.0529. The zero-order valence-electron chi connectivity index (χ0n) is 11.1. The molecule has 4 atom stereocenters. The number of aromatic amines is 1. The molecule has 0 unspecified atom stereocenters. The maximum Gasteiger partial charge on any atom is 0.353 e. The highest BCUT2D eigenvalue weighted by Crippen LogP contribution is 2.30. The molecule has 1 saturated heterocycles. The van der Waals surface area contributed by atoms with Crippen LogP contribution in [0.3, 0.4) is 0 Å². The highest BCUT2D eigenvalue weighted by Gasteiger charge is 2.44. The zero-order chi connectivity index (χ0) is 15.3. The van der Waals surface area contributed by atoms with Gasteiger partial charge < -0.3 is 30.8 Å². The summed E-state index contributed by atoms with van der Waals surface area (Å²) in [7, 11) is 0. The molecule has 0 aromatic carbocycles. The summed E-state index contributed by atoms with van der Waals surface area (Å²) in [6, 6.07) is 0. The number of anilines is 1. The van der Waals surface area contributed by atoms with Crippen molar-refractivity contribution < 1.29 is 20.1 Å². The number of aromatic nitrogens is 4. The number of H-pyrrole nitrogens is 1. The summed E-state index contributed by atoms with van der Waals surface area (Å²) < 4.78 is 6.35. The van der Waals surface area contributed by atoms with E-state index in [0.29, 0.717) is 11.3 Å². The maximum absolute atomic E-state index is 12.1. The van der Waals surface area contributed by atoms with Crippen molar-refractivity contribution >= 4 is 17.0 Å². The Morgan fingerprint density at radius 2 is 2.10 bits per heavy atom. The highest BCUT2D eigenvalue weighted by atomic mass is 16.6.